The van der Waals surface area contributed by atoms with Crippen LogP contribution >= 0.6 is 0 Å². The molecule has 18 heavy (non-hydrogen) atoms. The normalized spacial score (nSPS) is 21.6. The maximum atomic E-state index is 11.7. The van der Waals surface area contributed by atoms with Gasteiger partial charge in [0.05, 0.1) is 0 Å². The van der Waals surface area contributed by atoms with Crippen molar-refractivity contribution in [2.45, 2.75) is 13.3 Å². The first-order valence-electron chi connectivity index (χ1n) is 5.91. The number of anilines is 1. The van der Waals surface area contributed by atoms with Crippen molar-refractivity contribution in [2.75, 3.05) is 5.32 Å². The molecule has 5 heteroatoms. The molecule has 1 amide bonds. The van der Waals surface area contributed by atoms with Gasteiger partial charge in [0, 0.05) is 17.2 Å². The van der Waals surface area contributed by atoms with Crippen molar-refractivity contribution in [1.29, 1.82) is 0 Å². The molecule has 1 aromatic heterocycles. The van der Waals surface area contributed by atoms with Gasteiger partial charge in [-0.05, 0) is 36.6 Å². The minimum atomic E-state index is 0.105. The number of rotatable bonds is 3. The van der Waals surface area contributed by atoms with E-state index in [0.29, 0.717) is 11.8 Å². The molecule has 0 spiro atoms. The number of nitrogens with one attached hydrogen (secondary N) is 1. The number of carbonyl (C=O) groups excluding carboxylic acids is 1. The molecule has 1 heterocycles. The van der Waals surface area contributed by atoms with Crippen LogP contribution in [0.5, 0.6) is 0 Å². The van der Waals surface area contributed by atoms with Crippen LogP contribution < -0.4 is 5.32 Å². The largest absolute Gasteiger partial charge is 0.423 e. The minimum absolute atomic E-state index is 0.105. The summed E-state index contributed by atoms with van der Waals surface area (Å²) >= 11 is 0. The summed E-state index contributed by atoms with van der Waals surface area (Å²) in [5.74, 6) is 1.28. The SMILES string of the molecule is C[C@@H]1C[C@@H]1C(=O)Nc1ccc(-c2nnco2)cc1. The summed E-state index contributed by atoms with van der Waals surface area (Å²) in [6, 6.07) is 7.37. The van der Waals surface area contributed by atoms with E-state index >= 15 is 0 Å². The standard InChI is InChI=1S/C13H13N3O2/c1-8-6-11(8)12(17)15-10-4-2-9(3-5-10)13-16-14-7-18-13/h2-5,7-8,11H,6H2,1H3,(H,15,17)/t8-,11+/m1/s1. The molecule has 0 radical (unpaired) electrons. The van der Waals surface area contributed by atoms with Crippen LogP contribution in [0.3, 0.4) is 0 Å². The summed E-state index contributed by atoms with van der Waals surface area (Å²) < 4.78 is 5.09. The molecule has 1 aliphatic rings. The third kappa shape index (κ3) is 2.11. The first-order valence-corrected chi connectivity index (χ1v) is 5.91. The van der Waals surface area contributed by atoms with Gasteiger partial charge in [-0.1, -0.05) is 6.92 Å². The summed E-state index contributed by atoms with van der Waals surface area (Å²) in [5.41, 5.74) is 1.63. The van der Waals surface area contributed by atoms with Gasteiger partial charge < -0.3 is 9.73 Å². The second-order valence-electron chi connectivity index (χ2n) is 4.63. The highest BCUT2D eigenvalue weighted by Crippen LogP contribution is 2.38. The number of aromatic nitrogens is 2. The van der Waals surface area contributed by atoms with Crippen LogP contribution in [0.4, 0.5) is 5.69 Å². The van der Waals surface area contributed by atoms with E-state index in [0.717, 1.165) is 17.7 Å². The quantitative estimate of drug-likeness (QED) is 0.898. The fraction of sp³-hybridized carbons (Fsp3) is 0.308. The first kappa shape index (κ1) is 11.0. The lowest BCUT2D eigenvalue weighted by atomic mass is 10.2. The minimum Gasteiger partial charge on any atom is -0.423 e. The first-order chi connectivity index (χ1) is 8.74. The van der Waals surface area contributed by atoms with Crippen LogP contribution in [0.15, 0.2) is 35.1 Å². The molecule has 5 nitrogen and oxygen atoms in total. The Balaban J connectivity index is 1.69. The van der Waals surface area contributed by atoms with Crippen LogP contribution in [0, 0.1) is 11.8 Å². The van der Waals surface area contributed by atoms with E-state index in [1.54, 1.807) is 0 Å². The molecule has 2 atom stereocenters. The highest BCUT2D eigenvalue weighted by Gasteiger charge is 2.38. The van der Waals surface area contributed by atoms with Crippen molar-refractivity contribution in [2.24, 2.45) is 11.8 Å². The van der Waals surface area contributed by atoms with Crippen LogP contribution in [-0.4, -0.2) is 16.1 Å². The lowest BCUT2D eigenvalue weighted by molar-refractivity contribution is -0.117. The molecule has 0 aliphatic heterocycles. The van der Waals surface area contributed by atoms with Gasteiger partial charge in [0.1, 0.15) is 0 Å². The molecule has 3 rings (SSSR count). The Morgan fingerprint density at radius 3 is 2.67 bits per heavy atom. The molecular weight excluding hydrogens is 230 g/mol. The molecule has 1 N–H and O–H groups in total. The topological polar surface area (TPSA) is 68.0 Å². The van der Waals surface area contributed by atoms with Gasteiger partial charge in [-0.25, -0.2) is 0 Å². The molecule has 1 aliphatic carbocycles. The van der Waals surface area contributed by atoms with Crippen molar-refractivity contribution in [3.05, 3.63) is 30.7 Å². The third-order valence-corrected chi connectivity index (χ3v) is 3.21. The summed E-state index contributed by atoms with van der Waals surface area (Å²) in [6.45, 7) is 2.09. The Kier molecular flexibility index (Phi) is 2.59. The predicted octanol–water partition coefficient (Wildman–Crippen LogP) is 2.33. The zero-order chi connectivity index (χ0) is 12.5. The number of hydrogen-bond donors (Lipinski definition) is 1. The molecule has 1 fully saturated rings. The van der Waals surface area contributed by atoms with Crippen molar-refractivity contribution < 1.29 is 9.21 Å². The number of hydrogen-bond acceptors (Lipinski definition) is 4. The molecule has 92 valence electrons. The average Bonchev–Trinajstić information content (AvgIpc) is 2.91. The van der Waals surface area contributed by atoms with Gasteiger partial charge in [-0.15, -0.1) is 10.2 Å². The maximum Gasteiger partial charge on any atom is 0.247 e. The predicted molar refractivity (Wildman–Crippen MR) is 65.6 cm³/mol. The van der Waals surface area contributed by atoms with Crippen LogP contribution in [-0.2, 0) is 4.79 Å². The lowest BCUT2D eigenvalue weighted by Gasteiger charge is -2.04. The second-order valence-corrected chi connectivity index (χ2v) is 4.63. The van der Waals surface area contributed by atoms with Gasteiger partial charge in [0.25, 0.3) is 0 Å². The lowest BCUT2D eigenvalue weighted by Crippen LogP contribution is -2.14. The smallest absolute Gasteiger partial charge is 0.247 e. The fourth-order valence-electron chi connectivity index (χ4n) is 1.92. The fourth-order valence-corrected chi connectivity index (χ4v) is 1.92. The average molecular weight is 243 g/mol. The van der Waals surface area contributed by atoms with E-state index in [1.807, 2.05) is 24.3 Å². The number of amides is 1. The van der Waals surface area contributed by atoms with Crippen molar-refractivity contribution in [3.63, 3.8) is 0 Å². The van der Waals surface area contributed by atoms with E-state index < -0.39 is 0 Å². The summed E-state index contributed by atoms with van der Waals surface area (Å²) in [6.07, 6.45) is 2.28. The maximum absolute atomic E-state index is 11.7. The van der Waals surface area contributed by atoms with Gasteiger partial charge in [-0.2, -0.15) is 0 Å². The van der Waals surface area contributed by atoms with E-state index in [1.165, 1.54) is 6.39 Å². The van der Waals surface area contributed by atoms with Gasteiger partial charge >= 0.3 is 0 Å². The zero-order valence-corrected chi connectivity index (χ0v) is 9.96. The van der Waals surface area contributed by atoms with Crippen molar-refractivity contribution in [3.8, 4) is 11.5 Å². The van der Waals surface area contributed by atoms with Gasteiger partial charge in [0.15, 0.2) is 0 Å². The highest BCUT2D eigenvalue weighted by molar-refractivity contribution is 5.94. The van der Waals surface area contributed by atoms with Gasteiger partial charge in [0.2, 0.25) is 18.2 Å². The molecule has 1 aromatic carbocycles. The Morgan fingerprint density at radius 2 is 2.11 bits per heavy atom. The monoisotopic (exact) mass is 243 g/mol. The Labute approximate surface area is 104 Å². The molecular formula is C13H13N3O2. The molecule has 0 unspecified atom stereocenters. The van der Waals surface area contributed by atoms with Crippen LogP contribution in [0.1, 0.15) is 13.3 Å². The van der Waals surface area contributed by atoms with Gasteiger partial charge in [-0.3, -0.25) is 4.79 Å². The summed E-state index contributed by atoms with van der Waals surface area (Å²) in [7, 11) is 0. The van der Waals surface area contributed by atoms with E-state index in [2.05, 4.69) is 22.4 Å². The van der Waals surface area contributed by atoms with E-state index in [-0.39, 0.29) is 11.8 Å². The Hall–Kier alpha value is -2.17. The number of carbonyl (C=O) groups is 1. The summed E-state index contributed by atoms with van der Waals surface area (Å²) in [4.78, 5) is 11.7. The molecule has 2 aromatic rings. The number of nitrogens with zero attached hydrogens (tertiary/aromatic N) is 2. The second kappa shape index (κ2) is 4.25. The van der Waals surface area contributed by atoms with E-state index in [4.69, 9.17) is 4.42 Å². The molecule has 1 saturated carbocycles. The number of benzene rings is 1. The highest BCUT2D eigenvalue weighted by atomic mass is 16.4. The van der Waals surface area contributed by atoms with E-state index in [9.17, 15) is 4.79 Å². The molecule has 0 bridgehead atoms. The molecule has 0 saturated heterocycles. The van der Waals surface area contributed by atoms with Crippen LogP contribution in [0.2, 0.25) is 0 Å². The summed E-state index contributed by atoms with van der Waals surface area (Å²) in [5, 5.41) is 10.3. The van der Waals surface area contributed by atoms with Crippen molar-refractivity contribution in [1.82, 2.24) is 10.2 Å². The van der Waals surface area contributed by atoms with Crippen molar-refractivity contribution >= 4 is 11.6 Å². The Morgan fingerprint density at radius 1 is 1.39 bits per heavy atom. The zero-order valence-electron chi connectivity index (χ0n) is 9.96. The Bertz CT molecular complexity index is 548. The van der Waals surface area contributed by atoms with Crippen LogP contribution in [0.25, 0.3) is 11.5 Å². The third-order valence-electron chi connectivity index (χ3n) is 3.21.